The van der Waals surface area contributed by atoms with Gasteiger partial charge in [-0.05, 0) is 44.6 Å². The van der Waals surface area contributed by atoms with Crippen molar-refractivity contribution >= 4 is 0 Å². The van der Waals surface area contributed by atoms with Crippen molar-refractivity contribution in [3.63, 3.8) is 0 Å². The zero-order valence-corrected chi connectivity index (χ0v) is 11.3. The molecule has 1 saturated carbocycles. The average Bonchev–Trinajstić information content (AvgIpc) is 2.69. The first-order valence-electron chi connectivity index (χ1n) is 7.85. The molecule has 0 radical (unpaired) electrons. The molecule has 0 amide bonds. The largest absolute Gasteiger partial charge is 0.310 e. The maximum Gasteiger partial charge on any atom is 0.0198 e. The van der Waals surface area contributed by atoms with Crippen molar-refractivity contribution in [1.29, 1.82) is 0 Å². The molecule has 1 N–H and O–H groups in total. The van der Waals surface area contributed by atoms with Crippen LogP contribution in [0.3, 0.4) is 0 Å². The highest BCUT2D eigenvalue weighted by Gasteiger charge is 2.33. The molecule has 2 heteroatoms. The second-order valence-corrected chi connectivity index (χ2v) is 6.52. The first-order valence-corrected chi connectivity index (χ1v) is 7.85. The second-order valence-electron chi connectivity index (χ2n) is 6.52. The summed E-state index contributed by atoms with van der Waals surface area (Å²) in [5.41, 5.74) is 0. The van der Waals surface area contributed by atoms with Crippen LogP contribution in [0, 0.1) is 5.92 Å². The fourth-order valence-electron chi connectivity index (χ4n) is 4.27. The topological polar surface area (TPSA) is 15.3 Å². The van der Waals surface area contributed by atoms with Crippen molar-refractivity contribution in [1.82, 2.24) is 10.2 Å². The van der Waals surface area contributed by atoms with Crippen molar-refractivity contribution < 1.29 is 0 Å². The highest BCUT2D eigenvalue weighted by atomic mass is 15.2. The van der Waals surface area contributed by atoms with Crippen molar-refractivity contribution in [2.75, 3.05) is 13.1 Å². The van der Waals surface area contributed by atoms with Crippen molar-refractivity contribution in [2.45, 2.75) is 76.4 Å². The molecule has 1 aliphatic carbocycles. The summed E-state index contributed by atoms with van der Waals surface area (Å²) in [6.45, 7) is 5.06. The first-order chi connectivity index (χ1) is 8.35. The van der Waals surface area contributed by atoms with E-state index >= 15 is 0 Å². The van der Waals surface area contributed by atoms with Gasteiger partial charge in [0.1, 0.15) is 0 Å². The number of likely N-dealkylation sites (tertiary alicyclic amines) is 1. The summed E-state index contributed by atoms with van der Waals surface area (Å²) in [6, 6.07) is 2.56. The van der Waals surface area contributed by atoms with Crippen molar-refractivity contribution in [3.05, 3.63) is 0 Å². The Morgan fingerprint density at radius 2 is 1.94 bits per heavy atom. The quantitative estimate of drug-likeness (QED) is 0.793. The smallest absolute Gasteiger partial charge is 0.0198 e. The maximum absolute atomic E-state index is 3.81. The standard InChI is InChI=1S/C15H28N2/c1-2-12-4-3-5-15(10-12)17-9-8-13-6-7-14(11-17)16-13/h12-16H,2-11H2,1H3. The van der Waals surface area contributed by atoms with Gasteiger partial charge in [-0.25, -0.2) is 0 Å². The molecule has 4 unspecified atom stereocenters. The third kappa shape index (κ3) is 2.68. The van der Waals surface area contributed by atoms with Crippen LogP contribution in [0.2, 0.25) is 0 Å². The fourth-order valence-corrected chi connectivity index (χ4v) is 4.27. The van der Waals surface area contributed by atoms with Gasteiger partial charge in [-0.15, -0.1) is 0 Å². The molecule has 2 bridgehead atoms. The lowest BCUT2D eigenvalue weighted by molar-refractivity contribution is 0.122. The third-order valence-electron chi connectivity index (χ3n) is 5.40. The summed E-state index contributed by atoms with van der Waals surface area (Å²) < 4.78 is 0. The van der Waals surface area contributed by atoms with Gasteiger partial charge < -0.3 is 5.32 Å². The Kier molecular flexibility index (Phi) is 3.72. The van der Waals surface area contributed by atoms with Crippen molar-refractivity contribution in [2.24, 2.45) is 5.92 Å². The van der Waals surface area contributed by atoms with Crippen LogP contribution in [0.25, 0.3) is 0 Å². The number of nitrogens with zero attached hydrogens (tertiary/aromatic N) is 1. The lowest BCUT2D eigenvalue weighted by atomic mass is 9.83. The van der Waals surface area contributed by atoms with E-state index in [1.54, 1.807) is 0 Å². The van der Waals surface area contributed by atoms with E-state index in [1.807, 2.05) is 0 Å². The van der Waals surface area contributed by atoms with E-state index in [-0.39, 0.29) is 0 Å². The molecule has 3 rings (SSSR count). The summed E-state index contributed by atoms with van der Waals surface area (Å²) in [7, 11) is 0. The van der Waals surface area contributed by atoms with Crippen LogP contribution in [-0.2, 0) is 0 Å². The SMILES string of the molecule is CCC1CCCC(N2CCC3CCC(C2)N3)C1. The van der Waals surface area contributed by atoms with Gasteiger partial charge in [0.2, 0.25) is 0 Å². The minimum atomic E-state index is 0.810. The Balaban J connectivity index is 1.59. The van der Waals surface area contributed by atoms with Crippen LogP contribution in [0.15, 0.2) is 0 Å². The van der Waals surface area contributed by atoms with E-state index in [2.05, 4.69) is 17.1 Å². The molecule has 2 saturated heterocycles. The molecular formula is C15H28N2. The molecule has 17 heavy (non-hydrogen) atoms. The van der Waals surface area contributed by atoms with Crippen LogP contribution in [0.1, 0.15) is 58.3 Å². The minimum Gasteiger partial charge on any atom is -0.310 e. The van der Waals surface area contributed by atoms with Gasteiger partial charge in [0.05, 0.1) is 0 Å². The van der Waals surface area contributed by atoms with Gasteiger partial charge >= 0.3 is 0 Å². The molecule has 0 aromatic carbocycles. The van der Waals surface area contributed by atoms with E-state index in [0.717, 1.165) is 24.0 Å². The lowest BCUT2D eigenvalue weighted by Crippen LogP contribution is -2.43. The number of nitrogens with one attached hydrogen (secondary N) is 1. The van der Waals surface area contributed by atoms with Crippen LogP contribution in [0.5, 0.6) is 0 Å². The monoisotopic (exact) mass is 236 g/mol. The van der Waals surface area contributed by atoms with Gasteiger partial charge in [-0.1, -0.05) is 26.2 Å². The Morgan fingerprint density at radius 3 is 2.82 bits per heavy atom. The van der Waals surface area contributed by atoms with Crippen LogP contribution >= 0.6 is 0 Å². The van der Waals surface area contributed by atoms with Crippen LogP contribution in [-0.4, -0.2) is 36.1 Å². The molecule has 2 aliphatic heterocycles. The normalized spacial score (nSPS) is 43.6. The Labute approximate surface area is 106 Å². The Bertz CT molecular complexity index is 253. The van der Waals surface area contributed by atoms with E-state index in [1.165, 1.54) is 64.5 Å². The summed E-state index contributed by atoms with van der Waals surface area (Å²) >= 11 is 0. The van der Waals surface area contributed by atoms with E-state index in [0.29, 0.717) is 0 Å². The third-order valence-corrected chi connectivity index (χ3v) is 5.40. The summed E-state index contributed by atoms with van der Waals surface area (Å²) in [5.74, 6) is 1.02. The molecule has 0 aromatic heterocycles. The molecule has 0 aromatic rings. The zero-order valence-electron chi connectivity index (χ0n) is 11.3. The summed E-state index contributed by atoms with van der Waals surface area (Å²) in [4.78, 5) is 2.83. The molecule has 2 nitrogen and oxygen atoms in total. The van der Waals surface area contributed by atoms with Gasteiger partial charge in [-0.2, -0.15) is 0 Å². The molecular weight excluding hydrogens is 208 g/mol. The van der Waals surface area contributed by atoms with Gasteiger partial charge in [-0.3, -0.25) is 4.90 Å². The average molecular weight is 236 g/mol. The van der Waals surface area contributed by atoms with E-state index in [4.69, 9.17) is 0 Å². The number of fused-ring (bicyclic) bond motifs is 2. The molecule has 3 fully saturated rings. The summed E-state index contributed by atoms with van der Waals surface area (Å²) in [5, 5.41) is 3.81. The highest BCUT2D eigenvalue weighted by molar-refractivity contribution is 4.92. The maximum atomic E-state index is 3.81. The lowest BCUT2D eigenvalue weighted by Gasteiger charge is -2.38. The second kappa shape index (κ2) is 5.27. The molecule has 2 heterocycles. The number of hydrogen-bond acceptors (Lipinski definition) is 2. The number of rotatable bonds is 2. The Morgan fingerprint density at radius 1 is 1.06 bits per heavy atom. The molecule has 4 atom stereocenters. The summed E-state index contributed by atoms with van der Waals surface area (Å²) in [6.07, 6.45) is 11.6. The van der Waals surface area contributed by atoms with E-state index in [9.17, 15) is 0 Å². The molecule has 3 aliphatic rings. The number of hydrogen-bond donors (Lipinski definition) is 1. The van der Waals surface area contributed by atoms with Gasteiger partial charge in [0.15, 0.2) is 0 Å². The van der Waals surface area contributed by atoms with E-state index < -0.39 is 0 Å². The fraction of sp³-hybridized carbons (Fsp3) is 1.00. The van der Waals surface area contributed by atoms with Crippen molar-refractivity contribution in [3.8, 4) is 0 Å². The molecule has 0 spiro atoms. The molecule has 98 valence electrons. The predicted molar refractivity (Wildman–Crippen MR) is 72.2 cm³/mol. The predicted octanol–water partition coefficient (Wildman–Crippen LogP) is 2.78. The Hall–Kier alpha value is -0.0800. The first kappa shape index (κ1) is 12.0. The van der Waals surface area contributed by atoms with Gasteiger partial charge in [0, 0.05) is 24.7 Å². The van der Waals surface area contributed by atoms with Crippen LogP contribution < -0.4 is 5.32 Å². The van der Waals surface area contributed by atoms with Crippen LogP contribution in [0.4, 0.5) is 0 Å². The highest BCUT2D eigenvalue weighted by Crippen LogP contribution is 2.31. The zero-order chi connectivity index (χ0) is 11.7. The van der Waals surface area contributed by atoms with Gasteiger partial charge in [0.25, 0.3) is 0 Å². The minimum absolute atomic E-state index is 0.810.